The number of nitrogens with one attached hydrogen (secondary N) is 1. The van der Waals surface area contributed by atoms with Crippen molar-refractivity contribution in [3.05, 3.63) is 11.9 Å². The molecular formula is C13H23N5O2. The quantitative estimate of drug-likeness (QED) is 0.510. The molecule has 0 aromatic carbocycles. The number of ether oxygens (including phenoxy) is 1. The Labute approximate surface area is 119 Å². The van der Waals surface area contributed by atoms with Gasteiger partial charge in [0.25, 0.3) is 0 Å². The highest BCUT2D eigenvalue weighted by molar-refractivity contribution is 5.49. The van der Waals surface area contributed by atoms with Crippen molar-refractivity contribution in [2.24, 2.45) is 5.84 Å². The van der Waals surface area contributed by atoms with E-state index in [2.05, 4.69) is 20.3 Å². The Balaban J connectivity index is 1.99. The lowest BCUT2D eigenvalue weighted by Gasteiger charge is -2.32. The van der Waals surface area contributed by atoms with Crippen LogP contribution in [-0.2, 0) is 11.2 Å². The van der Waals surface area contributed by atoms with Gasteiger partial charge in [0.1, 0.15) is 17.5 Å². The number of piperidine rings is 1. The van der Waals surface area contributed by atoms with Crippen molar-refractivity contribution < 1.29 is 9.84 Å². The van der Waals surface area contributed by atoms with Gasteiger partial charge in [0.2, 0.25) is 0 Å². The SMILES string of the molecule is CCc1nc(NN)cc(N2CCC(OCCO)CC2)n1. The summed E-state index contributed by atoms with van der Waals surface area (Å²) in [5.41, 5.74) is 2.59. The highest BCUT2D eigenvalue weighted by atomic mass is 16.5. The number of anilines is 2. The molecule has 112 valence electrons. The van der Waals surface area contributed by atoms with E-state index in [1.165, 1.54) is 0 Å². The normalized spacial score (nSPS) is 16.4. The van der Waals surface area contributed by atoms with Gasteiger partial charge in [-0.15, -0.1) is 0 Å². The third-order valence-corrected chi connectivity index (χ3v) is 3.43. The first-order valence-corrected chi connectivity index (χ1v) is 7.08. The number of aryl methyl sites for hydroxylation is 1. The van der Waals surface area contributed by atoms with Crippen molar-refractivity contribution >= 4 is 11.6 Å². The molecule has 0 unspecified atom stereocenters. The summed E-state index contributed by atoms with van der Waals surface area (Å²) in [6, 6.07) is 1.87. The van der Waals surface area contributed by atoms with Crippen molar-refractivity contribution in [2.75, 3.05) is 36.6 Å². The fourth-order valence-electron chi connectivity index (χ4n) is 2.35. The number of nitrogen functional groups attached to an aromatic ring is 1. The van der Waals surface area contributed by atoms with Crippen LogP contribution in [0.5, 0.6) is 0 Å². The van der Waals surface area contributed by atoms with Gasteiger partial charge in [0, 0.05) is 25.6 Å². The third-order valence-electron chi connectivity index (χ3n) is 3.43. The van der Waals surface area contributed by atoms with Gasteiger partial charge < -0.3 is 20.2 Å². The number of rotatable bonds is 6. The maximum absolute atomic E-state index is 8.77. The van der Waals surface area contributed by atoms with E-state index in [1.807, 2.05) is 13.0 Å². The molecule has 0 spiro atoms. The van der Waals surface area contributed by atoms with Crippen LogP contribution in [0.4, 0.5) is 11.6 Å². The van der Waals surface area contributed by atoms with E-state index < -0.39 is 0 Å². The Kier molecular flexibility index (Phi) is 5.51. The van der Waals surface area contributed by atoms with Crippen LogP contribution < -0.4 is 16.2 Å². The second kappa shape index (κ2) is 7.37. The Morgan fingerprint density at radius 2 is 2.20 bits per heavy atom. The molecule has 1 aliphatic rings. The predicted octanol–water partition coefficient (Wildman–Crippen LogP) is 0.302. The highest BCUT2D eigenvalue weighted by Crippen LogP contribution is 2.21. The zero-order valence-corrected chi connectivity index (χ0v) is 11.9. The van der Waals surface area contributed by atoms with Crippen LogP contribution in [0.15, 0.2) is 6.07 Å². The number of aliphatic hydroxyl groups is 1. The van der Waals surface area contributed by atoms with Crippen LogP contribution >= 0.6 is 0 Å². The fourth-order valence-corrected chi connectivity index (χ4v) is 2.35. The van der Waals surface area contributed by atoms with Crippen molar-refractivity contribution in [2.45, 2.75) is 32.3 Å². The standard InChI is InChI=1S/C13H23N5O2/c1-2-11-15-12(17-14)9-13(16-11)18-5-3-10(4-6-18)20-8-7-19/h9-10,19H,2-8,14H2,1H3,(H,15,16,17). The lowest BCUT2D eigenvalue weighted by Crippen LogP contribution is -2.38. The van der Waals surface area contributed by atoms with E-state index in [1.54, 1.807) is 0 Å². The summed E-state index contributed by atoms with van der Waals surface area (Å²) in [4.78, 5) is 11.1. The summed E-state index contributed by atoms with van der Waals surface area (Å²) in [5.74, 6) is 7.78. The number of hydrazine groups is 1. The molecule has 0 amide bonds. The summed E-state index contributed by atoms with van der Waals surface area (Å²) in [6.07, 6.45) is 2.89. The molecule has 0 saturated carbocycles. The number of hydrogen-bond donors (Lipinski definition) is 3. The highest BCUT2D eigenvalue weighted by Gasteiger charge is 2.21. The molecular weight excluding hydrogens is 258 g/mol. The molecule has 0 atom stereocenters. The largest absolute Gasteiger partial charge is 0.394 e. The van der Waals surface area contributed by atoms with E-state index in [0.717, 1.165) is 44.0 Å². The molecule has 7 heteroatoms. The molecule has 1 fully saturated rings. The topological polar surface area (TPSA) is 96.5 Å². The first kappa shape index (κ1) is 15.0. The molecule has 1 saturated heterocycles. The minimum Gasteiger partial charge on any atom is -0.394 e. The fraction of sp³-hybridized carbons (Fsp3) is 0.692. The first-order chi connectivity index (χ1) is 9.76. The van der Waals surface area contributed by atoms with E-state index in [0.29, 0.717) is 12.4 Å². The van der Waals surface area contributed by atoms with Crippen LogP contribution in [0.3, 0.4) is 0 Å². The Hall–Kier alpha value is -1.44. The van der Waals surface area contributed by atoms with Gasteiger partial charge in [-0.1, -0.05) is 6.92 Å². The maximum Gasteiger partial charge on any atom is 0.145 e. The molecule has 4 N–H and O–H groups in total. The van der Waals surface area contributed by atoms with Gasteiger partial charge in [-0.3, -0.25) is 0 Å². The maximum atomic E-state index is 8.77. The number of nitrogens with two attached hydrogens (primary N) is 1. The van der Waals surface area contributed by atoms with Crippen molar-refractivity contribution in [1.82, 2.24) is 9.97 Å². The van der Waals surface area contributed by atoms with Crippen LogP contribution in [0, 0.1) is 0 Å². The molecule has 20 heavy (non-hydrogen) atoms. The third kappa shape index (κ3) is 3.78. The molecule has 1 aliphatic heterocycles. The zero-order valence-electron chi connectivity index (χ0n) is 11.9. The minimum atomic E-state index is 0.0809. The van der Waals surface area contributed by atoms with Gasteiger partial charge in [-0.2, -0.15) is 0 Å². The number of hydrogen-bond acceptors (Lipinski definition) is 7. The minimum absolute atomic E-state index is 0.0809. The summed E-state index contributed by atoms with van der Waals surface area (Å²) in [6.45, 7) is 4.30. The van der Waals surface area contributed by atoms with E-state index in [4.69, 9.17) is 15.7 Å². The van der Waals surface area contributed by atoms with Gasteiger partial charge in [0.05, 0.1) is 19.3 Å². The van der Waals surface area contributed by atoms with E-state index in [-0.39, 0.29) is 12.7 Å². The second-order valence-corrected chi connectivity index (χ2v) is 4.81. The summed E-state index contributed by atoms with van der Waals surface area (Å²) < 4.78 is 5.56. The number of aliphatic hydroxyl groups excluding tert-OH is 1. The molecule has 0 bridgehead atoms. The molecule has 1 aromatic rings. The Morgan fingerprint density at radius 1 is 1.45 bits per heavy atom. The molecule has 2 rings (SSSR count). The van der Waals surface area contributed by atoms with Crippen LogP contribution in [0.25, 0.3) is 0 Å². The Bertz CT molecular complexity index is 399. The first-order valence-electron chi connectivity index (χ1n) is 7.08. The molecule has 2 heterocycles. The number of aromatic nitrogens is 2. The monoisotopic (exact) mass is 281 g/mol. The van der Waals surface area contributed by atoms with Crippen molar-refractivity contribution in [3.63, 3.8) is 0 Å². The van der Waals surface area contributed by atoms with Crippen LogP contribution in [-0.4, -0.2) is 47.5 Å². The molecule has 1 aromatic heterocycles. The molecule has 0 radical (unpaired) electrons. The van der Waals surface area contributed by atoms with Crippen molar-refractivity contribution in [3.8, 4) is 0 Å². The van der Waals surface area contributed by atoms with Crippen LogP contribution in [0.2, 0.25) is 0 Å². The summed E-state index contributed by atoms with van der Waals surface area (Å²) >= 11 is 0. The van der Waals surface area contributed by atoms with Gasteiger partial charge >= 0.3 is 0 Å². The average molecular weight is 281 g/mol. The lowest BCUT2D eigenvalue weighted by atomic mass is 10.1. The summed E-state index contributed by atoms with van der Waals surface area (Å²) in [5, 5.41) is 8.77. The van der Waals surface area contributed by atoms with E-state index in [9.17, 15) is 0 Å². The smallest absolute Gasteiger partial charge is 0.145 e. The Morgan fingerprint density at radius 3 is 2.80 bits per heavy atom. The lowest BCUT2D eigenvalue weighted by molar-refractivity contribution is 0.0158. The summed E-state index contributed by atoms with van der Waals surface area (Å²) in [7, 11) is 0. The predicted molar refractivity (Wildman–Crippen MR) is 77.5 cm³/mol. The second-order valence-electron chi connectivity index (χ2n) is 4.81. The van der Waals surface area contributed by atoms with Crippen LogP contribution in [0.1, 0.15) is 25.6 Å². The zero-order chi connectivity index (χ0) is 14.4. The molecule has 7 nitrogen and oxygen atoms in total. The average Bonchev–Trinajstić information content (AvgIpc) is 2.52. The van der Waals surface area contributed by atoms with Crippen molar-refractivity contribution in [1.29, 1.82) is 0 Å². The number of nitrogens with zero attached hydrogens (tertiary/aromatic N) is 3. The van der Waals surface area contributed by atoms with Gasteiger partial charge in [-0.05, 0) is 12.8 Å². The van der Waals surface area contributed by atoms with E-state index >= 15 is 0 Å². The molecule has 0 aliphatic carbocycles. The van der Waals surface area contributed by atoms with Gasteiger partial charge in [0.15, 0.2) is 0 Å². The van der Waals surface area contributed by atoms with Gasteiger partial charge in [-0.25, -0.2) is 15.8 Å².